The minimum atomic E-state index is -0.0920. The molecule has 0 aliphatic carbocycles. The zero-order valence-electron chi connectivity index (χ0n) is 8.84. The number of aliphatic hydroxyl groups excluding tert-OH is 1. The van der Waals surface area contributed by atoms with Gasteiger partial charge in [-0.1, -0.05) is 6.42 Å². The van der Waals surface area contributed by atoms with E-state index in [0.29, 0.717) is 5.57 Å². The third-order valence-corrected chi connectivity index (χ3v) is 2.38. The van der Waals surface area contributed by atoms with Crippen LogP contribution in [0.3, 0.4) is 0 Å². The van der Waals surface area contributed by atoms with E-state index in [1.54, 1.807) is 6.92 Å². The quantitative estimate of drug-likeness (QED) is 0.543. The summed E-state index contributed by atoms with van der Waals surface area (Å²) in [6.45, 7) is 3.80. The molecule has 1 rings (SSSR count). The molecule has 0 amide bonds. The van der Waals surface area contributed by atoms with Crippen LogP contribution in [0.15, 0.2) is 16.3 Å². The van der Waals surface area contributed by atoms with Gasteiger partial charge in [-0.15, -0.1) is 0 Å². The summed E-state index contributed by atoms with van der Waals surface area (Å²) < 4.78 is 0. The highest BCUT2D eigenvalue weighted by Gasteiger charge is 2.16. The fraction of sp³-hybridized carbons (Fsp3) is 0.636. The van der Waals surface area contributed by atoms with E-state index in [2.05, 4.69) is 4.99 Å². The molecule has 0 saturated heterocycles. The van der Waals surface area contributed by atoms with Crippen molar-refractivity contribution in [1.29, 1.82) is 0 Å². The van der Waals surface area contributed by atoms with Crippen LogP contribution in [0.25, 0.3) is 0 Å². The van der Waals surface area contributed by atoms with E-state index < -0.39 is 0 Å². The lowest BCUT2D eigenvalue weighted by Crippen LogP contribution is -2.12. The summed E-state index contributed by atoms with van der Waals surface area (Å²) in [6, 6.07) is 0. The van der Waals surface area contributed by atoms with Gasteiger partial charge in [0.05, 0.1) is 5.57 Å². The summed E-state index contributed by atoms with van der Waals surface area (Å²) in [6.07, 6.45) is 4.11. The molecule has 0 unspecified atom stereocenters. The molecule has 0 saturated carbocycles. The molecular formula is C11H17NO2. The molecule has 0 aromatic rings. The molecule has 78 valence electrons. The van der Waals surface area contributed by atoms with Crippen molar-refractivity contribution in [1.82, 2.24) is 0 Å². The topological polar surface area (TPSA) is 49.7 Å². The molecule has 3 heteroatoms. The highest BCUT2D eigenvalue weighted by Crippen LogP contribution is 2.15. The van der Waals surface area contributed by atoms with Crippen LogP contribution >= 0.6 is 0 Å². The average Bonchev–Trinajstić information content (AvgIpc) is 2.31. The zero-order chi connectivity index (χ0) is 10.6. The van der Waals surface area contributed by atoms with Gasteiger partial charge in [0.1, 0.15) is 5.76 Å². The Morgan fingerprint density at radius 1 is 1.29 bits per heavy atom. The van der Waals surface area contributed by atoms with Crippen LogP contribution in [0.4, 0.5) is 0 Å². The minimum absolute atomic E-state index is 0.0920. The SMILES string of the molecule is CC(=O)/C(C1=NCCCCC1)=C(/C)O. The van der Waals surface area contributed by atoms with Crippen molar-refractivity contribution in [3.05, 3.63) is 11.3 Å². The lowest BCUT2D eigenvalue weighted by molar-refractivity contribution is -0.113. The van der Waals surface area contributed by atoms with Crippen LogP contribution in [-0.2, 0) is 4.79 Å². The summed E-state index contributed by atoms with van der Waals surface area (Å²) >= 11 is 0. The first kappa shape index (κ1) is 11.0. The van der Waals surface area contributed by atoms with Gasteiger partial charge in [0.15, 0.2) is 5.78 Å². The van der Waals surface area contributed by atoms with Crippen molar-refractivity contribution < 1.29 is 9.90 Å². The van der Waals surface area contributed by atoms with Crippen LogP contribution < -0.4 is 0 Å². The van der Waals surface area contributed by atoms with Gasteiger partial charge in [0, 0.05) is 12.3 Å². The maximum Gasteiger partial charge on any atom is 0.164 e. The normalized spacial score (nSPS) is 19.4. The number of rotatable bonds is 2. The first-order valence-corrected chi connectivity index (χ1v) is 5.07. The molecule has 0 radical (unpaired) electrons. The molecule has 0 spiro atoms. The van der Waals surface area contributed by atoms with Gasteiger partial charge >= 0.3 is 0 Å². The second-order valence-electron chi connectivity index (χ2n) is 3.66. The van der Waals surface area contributed by atoms with Crippen molar-refractivity contribution >= 4 is 11.5 Å². The van der Waals surface area contributed by atoms with Gasteiger partial charge in [-0.3, -0.25) is 9.79 Å². The molecule has 0 aromatic heterocycles. The van der Waals surface area contributed by atoms with E-state index in [1.807, 2.05) is 0 Å². The van der Waals surface area contributed by atoms with Gasteiger partial charge in [-0.05, 0) is 33.1 Å². The number of aliphatic hydroxyl groups is 1. The number of allylic oxidation sites excluding steroid dienone is 2. The molecule has 1 heterocycles. The van der Waals surface area contributed by atoms with Gasteiger partial charge in [0.2, 0.25) is 0 Å². The van der Waals surface area contributed by atoms with Gasteiger partial charge < -0.3 is 5.11 Å². The Bertz CT molecular complexity index is 286. The summed E-state index contributed by atoms with van der Waals surface area (Å²) in [7, 11) is 0. The van der Waals surface area contributed by atoms with Crippen molar-refractivity contribution in [3.8, 4) is 0 Å². The number of ketones is 1. The molecule has 14 heavy (non-hydrogen) atoms. The zero-order valence-corrected chi connectivity index (χ0v) is 8.84. The average molecular weight is 195 g/mol. The Hall–Kier alpha value is -1.12. The minimum Gasteiger partial charge on any atom is -0.512 e. The molecule has 1 aliphatic rings. The molecular weight excluding hydrogens is 178 g/mol. The smallest absolute Gasteiger partial charge is 0.164 e. The number of hydrogen-bond donors (Lipinski definition) is 1. The van der Waals surface area contributed by atoms with Crippen LogP contribution in [-0.4, -0.2) is 23.1 Å². The van der Waals surface area contributed by atoms with E-state index in [1.165, 1.54) is 6.92 Å². The number of hydrogen-bond acceptors (Lipinski definition) is 3. The second kappa shape index (κ2) is 4.94. The number of nitrogens with zero attached hydrogens (tertiary/aromatic N) is 1. The Labute approximate surface area is 84.5 Å². The molecule has 1 N–H and O–H groups in total. The summed E-state index contributed by atoms with van der Waals surface area (Å²) in [5.41, 5.74) is 1.21. The van der Waals surface area contributed by atoms with Crippen LogP contribution in [0.5, 0.6) is 0 Å². The molecule has 0 bridgehead atoms. The first-order valence-electron chi connectivity index (χ1n) is 5.07. The van der Waals surface area contributed by atoms with E-state index in [9.17, 15) is 9.90 Å². The number of aliphatic imine (C=N–C) groups is 1. The monoisotopic (exact) mass is 195 g/mol. The van der Waals surface area contributed by atoms with E-state index in [-0.39, 0.29) is 11.5 Å². The fourth-order valence-corrected chi connectivity index (χ4v) is 1.74. The third kappa shape index (κ3) is 2.69. The van der Waals surface area contributed by atoms with E-state index in [4.69, 9.17) is 0 Å². The summed E-state index contributed by atoms with van der Waals surface area (Å²) in [5, 5.41) is 9.40. The maximum atomic E-state index is 11.3. The Morgan fingerprint density at radius 2 is 2.00 bits per heavy atom. The van der Waals surface area contributed by atoms with Crippen LogP contribution in [0.2, 0.25) is 0 Å². The largest absolute Gasteiger partial charge is 0.512 e. The van der Waals surface area contributed by atoms with E-state index in [0.717, 1.165) is 37.9 Å². The highest BCUT2D eigenvalue weighted by molar-refractivity contribution is 6.21. The number of carbonyl (C=O) groups excluding carboxylic acids is 1. The molecule has 3 nitrogen and oxygen atoms in total. The lowest BCUT2D eigenvalue weighted by atomic mass is 10.0. The number of carbonyl (C=O) groups is 1. The maximum absolute atomic E-state index is 11.3. The van der Waals surface area contributed by atoms with Crippen molar-refractivity contribution in [2.75, 3.05) is 6.54 Å². The van der Waals surface area contributed by atoms with Crippen molar-refractivity contribution in [2.24, 2.45) is 4.99 Å². The van der Waals surface area contributed by atoms with E-state index >= 15 is 0 Å². The number of Topliss-reactive ketones (excluding diaryl/α,β-unsaturated/α-hetero) is 1. The molecule has 0 atom stereocenters. The van der Waals surface area contributed by atoms with Gasteiger partial charge in [0.25, 0.3) is 0 Å². The lowest BCUT2D eigenvalue weighted by Gasteiger charge is -2.07. The highest BCUT2D eigenvalue weighted by atomic mass is 16.3. The fourth-order valence-electron chi connectivity index (χ4n) is 1.74. The second-order valence-corrected chi connectivity index (χ2v) is 3.66. The van der Waals surface area contributed by atoms with Crippen molar-refractivity contribution in [3.63, 3.8) is 0 Å². The summed E-state index contributed by atoms with van der Waals surface area (Å²) in [4.78, 5) is 15.6. The molecule has 1 aliphatic heterocycles. The predicted molar refractivity (Wildman–Crippen MR) is 56.8 cm³/mol. The Morgan fingerprint density at radius 3 is 2.57 bits per heavy atom. The standard InChI is InChI=1S/C11H17NO2/c1-8(13)11(9(2)14)10-6-4-3-5-7-12-10/h13H,3-7H2,1-2H3/b11-8+. The van der Waals surface area contributed by atoms with Gasteiger partial charge in [-0.25, -0.2) is 0 Å². The first-order chi connectivity index (χ1) is 6.63. The summed E-state index contributed by atoms with van der Waals surface area (Å²) in [5.74, 6) is 0.00352. The molecule has 0 aromatic carbocycles. The van der Waals surface area contributed by atoms with Crippen LogP contribution in [0.1, 0.15) is 39.5 Å². The third-order valence-electron chi connectivity index (χ3n) is 2.38. The predicted octanol–water partition coefficient (Wildman–Crippen LogP) is 2.42. The van der Waals surface area contributed by atoms with Gasteiger partial charge in [-0.2, -0.15) is 0 Å². The Balaban J connectivity index is 2.93. The van der Waals surface area contributed by atoms with Crippen LogP contribution in [0, 0.1) is 0 Å². The molecule has 0 fully saturated rings. The Kier molecular flexibility index (Phi) is 3.86. The van der Waals surface area contributed by atoms with Crippen molar-refractivity contribution in [2.45, 2.75) is 39.5 Å².